The van der Waals surface area contributed by atoms with E-state index in [9.17, 15) is 18.0 Å². The van der Waals surface area contributed by atoms with Crippen molar-refractivity contribution >= 4 is 21.7 Å². The van der Waals surface area contributed by atoms with Crippen LogP contribution in [0.25, 0.3) is 21.7 Å². The van der Waals surface area contributed by atoms with E-state index < -0.39 is 17.4 Å². The maximum atomic E-state index is 12.8. The minimum Gasteiger partial charge on any atom is -0.489 e. The SMILES string of the molecule is O=c1oc2cc(OCc3cccc(C(F)(F)F)c3)ccc2c2ccccc12. The molecule has 0 unspecified atom stereocenters. The molecule has 0 N–H and O–H groups in total. The Kier molecular flexibility index (Phi) is 4.11. The van der Waals surface area contributed by atoms with Crippen molar-refractivity contribution in [3.05, 3.63) is 88.3 Å². The molecule has 0 saturated carbocycles. The number of halogens is 3. The summed E-state index contributed by atoms with van der Waals surface area (Å²) >= 11 is 0. The number of hydrogen-bond acceptors (Lipinski definition) is 3. The summed E-state index contributed by atoms with van der Waals surface area (Å²) in [5, 5.41) is 2.02. The van der Waals surface area contributed by atoms with Gasteiger partial charge in [0.2, 0.25) is 0 Å². The van der Waals surface area contributed by atoms with Crippen LogP contribution in [0.15, 0.2) is 75.9 Å². The van der Waals surface area contributed by atoms with Crippen molar-refractivity contribution in [1.82, 2.24) is 0 Å². The number of ether oxygens (including phenoxy) is 1. The standard InChI is InChI=1S/C21H13F3O3/c22-21(23,24)14-5-3-4-13(10-14)12-26-15-8-9-17-16-6-1-2-7-18(16)20(25)27-19(17)11-15/h1-11H,12H2. The lowest BCUT2D eigenvalue weighted by atomic mass is 10.1. The van der Waals surface area contributed by atoms with E-state index in [2.05, 4.69) is 0 Å². The molecule has 6 heteroatoms. The molecule has 0 bridgehead atoms. The molecule has 0 aliphatic heterocycles. The minimum atomic E-state index is -4.40. The molecule has 0 radical (unpaired) electrons. The van der Waals surface area contributed by atoms with Gasteiger partial charge in [-0.1, -0.05) is 30.3 Å². The van der Waals surface area contributed by atoms with Crippen LogP contribution in [0.3, 0.4) is 0 Å². The van der Waals surface area contributed by atoms with Crippen LogP contribution < -0.4 is 10.4 Å². The molecule has 4 aromatic rings. The van der Waals surface area contributed by atoms with Gasteiger partial charge in [-0.3, -0.25) is 0 Å². The van der Waals surface area contributed by atoms with Crippen molar-refractivity contribution in [2.75, 3.05) is 0 Å². The number of alkyl halides is 3. The molecule has 0 saturated heterocycles. The Balaban J connectivity index is 1.64. The second-order valence-corrected chi connectivity index (χ2v) is 6.08. The van der Waals surface area contributed by atoms with Gasteiger partial charge in [-0.15, -0.1) is 0 Å². The van der Waals surface area contributed by atoms with E-state index in [1.54, 1.807) is 36.4 Å². The Labute approximate surface area is 151 Å². The Morgan fingerprint density at radius 1 is 0.852 bits per heavy atom. The molecule has 0 atom stereocenters. The van der Waals surface area contributed by atoms with Crippen LogP contribution in [0.1, 0.15) is 11.1 Å². The van der Waals surface area contributed by atoms with E-state index >= 15 is 0 Å². The Morgan fingerprint density at radius 3 is 2.41 bits per heavy atom. The maximum Gasteiger partial charge on any atom is 0.416 e. The number of hydrogen-bond donors (Lipinski definition) is 0. The molecule has 3 nitrogen and oxygen atoms in total. The molecule has 3 aromatic carbocycles. The predicted octanol–water partition coefficient (Wildman–Crippen LogP) is 5.54. The van der Waals surface area contributed by atoms with Crippen molar-refractivity contribution in [2.24, 2.45) is 0 Å². The highest BCUT2D eigenvalue weighted by molar-refractivity contribution is 6.04. The zero-order chi connectivity index (χ0) is 19.0. The van der Waals surface area contributed by atoms with E-state index in [0.717, 1.165) is 22.9 Å². The average Bonchev–Trinajstić information content (AvgIpc) is 2.66. The summed E-state index contributed by atoms with van der Waals surface area (Å²) in [5.74, 6) is 0.401. The molecular formula is C21H13F3O3. The smallest absolute Gasteiger partial charge is 0.416 e. The fourth-order valence-electron chi connectivity index (χ4n) is 2.95. The molecular weight excluding hydrogens is 357 g/mol. The molecule has 0 aliphatic rings. The van der Waals surface area contributed by atoms with Gasteiger partial charge in [0.15, 0.2) is 0 Å². The maximum absolute atomic E-state index is 12.8. The van der Waals surface area contributed by atoms with Crippen LogP contribution >= 0.6 is 0 Å². The van der Waals surface area contributed by atoms with Gasteiger partial charge >= 0.3 is 11.8 Å². The second kappa shape index (κ2) is 6.46. The third kappa shape index (κ3) is 3.38. The highest BCUT2D eigenvalue weighted by atomic mass is 19.4. The number of benzene rings is 3. The van der Waals surface area contributed by atoms with Crippen LogP contribution in [-0.2, 0) is 12.8 Å². The lowest BCUT2D eigenvalue weighted by molar-refractivity contribution is -0.137. The van der Waals surface area contributed by atoms with E-state index in [0.29, 0.717) is 22.3 Å². The van der Waals surface area contributed by atoms with Crippen molar-refractivity contribution in [1.29, 1.82) is 0 Å². The summed E-state index contributed by atoms with van der Waals surface area (Å²) in [6, 6.07) is 17.1. The van der Waals surface area contributed by atoms with Gasteiger partial charge in [0.1, 0.15) is 17.9 Å². The molecule has 4 rings (SSSR count). The quantitative estimate of drug-likeness (QED) is 0.351. The Hall–Kier alpha value is -3.28. The predicted molar refractivity (Wildman–Crippen MR) is 95.8 cm³/mol. The zero-order valence-electron chi connectivity index (χ0n) is 13.9. The first kappa shape index (κ1) is 17.1. The largest absolute Gasteiger partial charge is 0.489 e. The minimum absolute atomic E-state index is 0.0345. The van der Waals surface area contributed by atoms with Crippen LogP contribution in [0, 0.1) is 0 Å². The van der Waals surface area contributed by atoms with Gasteiger partial charge in [-0.25, -0.2) is 4.79 Å². The van der Waals surface area contributed by atoms with Gasteiger partial charge in [-0.05, 0) is 41.3 Å². The monoisotopic (exact) mass is 370 g/mol. The lowest BCUT2D eigenvalue weighted by Gasteiger charge is -2.10. The first-order valence-corrected chi connectivity index (χ1v) is 8.16. The van der Waals surface area contributed by atoms with Crippen molar-refractivity contribution < 1.29 is 22.3 Å². The fraction of sp³-hybridized carbons (Fsp3) is 0.0952. The second-order valence-electron chi connectivity index (χ2n) is 6.08. The fourth-order valence-corrected chi connectivity index (χ4v) is 2.95. The molecule has 27 heavy (non-hydrogen) atoms. The molecule has 136 valence electrons. The van der Waals surface area contributed by atoms with Crippen LogP contribution in [0.5, 0.6) is 5.75 Å². The zero-order valence-corrected chi connectivity index (χ0v) is 13.9. The first-order valence-electron chi connectivity index (χ1n) is 8.16. The summed E-state index contributed by atoms with van der Waals surface area (Å²) in [7, 11) is 0. The van der Waals surface area contributed by atoms with Crippen molar-refractivity contribution in [3.8, 4) is 5.75 Å². The van der Waals surface area contributed by atoms with Gasteiger partial charge in [0, 0.05) is 11.5 Å². The summed E-state index contributed by atoms with van der Waals surface area (Å²) in [4.78, 5) is 12.1. The summed E-state index contributed by atoms with van der Waals surface area (Å²) in [6.45, 7) is -0.0345. The molecule has 1 heterocycles. The molecule has 0 fully saturated rings. The summed E-state index contributed by atoms with van der Waals surface area (Å²) < 4.78 is 49.3. The summed E-state index contributed by atoms with van der Waals surface area (Å²) in [5.41, 5.74) is -0.419. The molecule has 1 aromatic heterocycles. The van der Waals surface area contributed by atoms with Crippen molar-refractivity contribution in [2.45, 2.75) is 12.8 Å². The van der Waals surface area contributed by atoms with Crippen LogP contribution in [-0.4, -0.2) is 0 Å². The van der Waals surface area contributed by atoms with Gasteiger partial charge < -0.3 is 9.15 Å². The van der Waals surface area contributed by atoms with E-state index in [-0.39, 0.29) is 6.61 Å². The van der Waals surface area contributed by atoms with Crippen LogP contribution in [0.4, 0.5) is 13.2 Å². The number of rotatable bonds is 3. The lowest BCUT2D eigenvalue weighted by Crippen LogP contribution is -2.06. The van der Waals surface area contributed by atoms with E-state index in [1.807, 2.05) is 12.1 Å². The normalized spacial score (nSPS) is 11.8. The van der Waals surface area contributed by atoms with Crippen LogP contribution in [0.2, 0.25) is 0 Å². The highest BCUT2D eigenvalue weighted by Crippen LogP contribution is 2.30. The third-order valence-electron chi connectivity index (χ3n) is 4.25. The van der Waals surface area contributed by atoms with Crippen molar-refractivity contribution in [3.63, 3.8) is 0 Å². The summed E-state index contributed by atoms with van der Waals surface area (Å²) in [6.07, 6.45) is -4.40. The Morgan fingerprint density at radius 2 is 1.63 bits per heavy atom. The van der Waals surface area contributed by atoms with Gasteiger partial charge in [0.05, 0.1) is 10.9 Å². The van der Waals surface area contributed by atoms with E-state index in [4.69, 9.17) is 9.15 Å². The topological polar surface area (TPSA) is 39.4 Å². The first-order chi connectivity index (χ1) is 12.9. The highest BCUT2D eigenvalue weighted by Gasteiger charge is 2.30. The molecule has 0 aliphatic carbocycles. The third-order valence-corrected chi connectivity index (χ3v) is 4.25. The Bertz CT molecular complexity index is 1190. The molecule has 0 spiro atoms. The van der Waals surface area contributed by atoms with Gasteiger partial charge in [0.25, 0.3) is 0 Å². The molecule has 0 amide bonds. The average molecular weight is 370 g/mol. The number of fused-ring (bicyclic) bond motifs is 3. The van der Waals surface area contributed by atoms with E-state index in [1.165, 1.54) is 6.07 Å². The van der Waals surface area contributed by atoms with Gasteiger partial charge in [-0.2, -0.15) is 13.2 Å².